The van der Waals surface area contributed by atoms with Crippen LogP contribution in [-0.2, 0) is 0 Å². The molecule has 2 unspecified atom stereocenters. The van der Waals surface area contributed by atoms with Crippen molar-refractivity contribution in [2.45, 2.75) is 155 Å². The van der Waals surface area contributed by atoms with E-state index in [2.05, 4.69) is 27.7 Å². The lowest BCUT2D eigenvalue weighted by atomic mass is 9.83. The van der Waals surface area contributed by atoms with Crippen LogP contribution < -0.4 is 0 Å². The predicted molar refractivity (Wildman–Crippen MR) is 141 cm³/mol. The van der Waals surface area contributed by atoms with E-state index in [-0.39, 0.29) is 0 Å². The van der Waals surface area contributed by atoms with E-state index in [1.807, 2.05) is 12.1 Å². The molecule has 0 aromatic heterocycles. The van der Waals surface area contributed by atoms with Crippen LogP contribution in [0, 0.1) is 0 Å². The second-order valence-corrected chi connectivity index (χ2v) is 10.1. The lowest BCUT2D eigenvalue weighted by Gasteiger charge is -2.23. The zero-order chi connectivity index (χ0) is 23.6. The maximum absolute atomic E-state index is 11.1. The highest BCUT2D eigenvalue weighted by Gasteiger charge is 2.21. The Hall–Kier alpha value is -1.18. The molecule has 2 atom stereocenters. The molecule has 0 amide bonds. The second kappa shape index (κ2) is 18.3. The minimum atomic E-state index is 0.361. The van der Waals surface area contributed by atoms with E-state index >= 15 is 0 Å². The van der Waals surface area contributed by atoms with E-state index in [0.29, 0.717) is 23.3 Å². The molecule has 0 aliphatic rings. The molecule has 0 heterocycles. The number of aromatic hydroxyl groups is 2. The summed E-state index contributed by atoms with van der Waals surface area (Å²) in [6.45, 7) is 8.98. The maximum Gasteiger partial charge on any atom is 0.119 e. The molecule has 2 N–H and O–H groups in total. The molecule has 2 heteroatoms. The summed E-state index contributed by atoms with van der Waals surface area (Å²) >= 11 is 0. The molecule has 0 radical (unpaired) electrons. The van der Waals surface area contributed by atoms with Crippen LogP contribution in [0.2, 0.25) is 0 Å². The number of unbranched alkanes of at least 4 members (excludes halogenated alkanes) is 10. The summed E-state index contributed by atoms with van der Waals surface area (Å²) in [6, 6.07) is 3.85. The van der Waals surface area contributed by atoms with Crippen molar-refractivity contribution in [2.75, 3.05) is 0 Å². The predicted octanol–water partition coefficient (Wildman–Crippen LogP) is 10.4. The molecule has 32 heavy (non-hydrogen) atoms. The number of hydrogen-bond acceptors (Lipinski definition) is 2. The van der Waals surface area contributed by atoms with Gasteiger partial charge in [-0.1, -0.05) is 118 Å². The standard InChI is InChI=1S/C30H54O2/c1-5-9-13-15-18-22-25(19-12-8-4)27-23-30(32)28(24-29(27)31)26(20-16-11-7-3)21-17-14-10-6-2/h23-26,31-32H,5-22H2,1-4H3. The minimum absolute atomic E-state index is 0.361. The summed E-state index contributed by atoms with van der Waals surface area (Å²) < 4.78 is 0. The molecular formula is C30H54O2. The Balaban J connectivity index is 2.96. The van der Waals surface area contributed by atoms with Crippen LogP contribution in [0.3, 0.4) is 0 Å². The fourth-order valence-corrected chi connectivity index (χ4v) is 5.08. The van der Waals surface area contributed by atoms with Crippen molar-refractivity contribution >= 4 is 0 Å². The smallest absolute Gasteiger partial charge is 0.119 e. The number of phenols is 2. The maximum atomic E-state index is 11.1. The molecule has 1 aromatic rings. The topological polar surface area (TPSA) is 40.5 Å². The highest BCUT2D eigenvalue weighted by atomic mass is 16.3. The third-order valence-electron chi connectivity index (χ3n) is 7.18. The van der Waals surface area contributed by atoms with Gasteiger partial charge < -0.3 is 10.2 Å². The van der Waals surface area contributed by atoms with Crippen LogP contribution in [-0.4, -0.2) is 10.2 Å². The first-order chi connectivity index (χ1) is 15.6. The fourth-order valence-electron chi connectivity index (χ4n) is 5.08. The van der Waals surface area contributed by atoms with E-state index in [0.717, 1.165) is 36.8 Å². The van der Waals surface area contributed by atoms with Crippen molar-refractivity contribution < 1.29 is 10.2 Å². The quantitative estimate of drug-likeness (QED) is 0.154. The molecule has 1 aromatic carbocycles. The van der Waals surface area contributed by atoms with Gasteiger partial charge in [0.25, 0.3) is 0 Å². The van der Waals surface area contributed by atoms with E-state index in [1.54, 1.807) is 0 Å². The zero-order valence-corrected chi connectivity index (χ0v) is 21.9. The molecule has 0 fully saturated rings. The summed E-state index contributed by atoms with van der Waals surface area (Å²) in [4.78, 5) is 0. The average molecular weight is 447 g/mol. The number of phenolic OH excluding ortho intramolecular Hbond substituents is 2. The summed E-state index contributed by atoms with van der Waals surface area (Å²) in [5.74, 6) is 1.56. The molecular weight excluding hydrogens is 392 g/mol. The molecule has 186 valence electrons. The first-order valence-corrected chi connectivity index (χ1v) is 14.1. The Labute approximate surface area is 200 Å². The van der Waals surface area contributed by atoms with Crippen molar-refractivity contribution in [3.63, 3.8) is 0 Å². The Morgan fingerprint density at radius 1 is 0.469 bits per heavy atom. The van der Waals surface area contributed by atoms with Gasteiger partial charge in [0, 0.05) is 11.1 Å². The van der Waals surface area contributed by atoms with Gasteiger partial charge in [-0.05, 0) is 49.7 Å². The summed E-state index contributed by atoms with van der Waals surface area (Å²) in [7, 11) is 0. The summed E-state index contributed by atoms with van der Waals surface area (Å²) in [5, 5.41) is 22.1. The monoisotopic (exact) mass is 446 g/mol. The van der Waals surface area contributed by atoms with Crippen molar-refractivity contribution in [1.29, 1.82) is 0 Å². The van der Waals surface area contributed by atoms with Crippen LogP contribution in [0.15, 0.2) is 12.1 Å². The first kappa shape index (κ1) is 28.9. The van der Waals surface area contributed by atoms with Crippen LogP contribution >= 0.6 is 0 Å². The first-order valence-electron chi connectivity index (χ1n) is 14.1. The second-order valence-electron chi connectivity index (χ2n) is 10.1. The molecule has 0 bridgehead atoms. The normalized spacial score (nSPS) is 13.4. The van der Waals surface area contributed by atoms with Gasteiger partial charge in [-0.15, -0.1) is 0 Å². The SMILES string of the molecule is CCCCCCCC(CCCC)c1cc(O)c(C(CCCCC)CCCCCC)cc1O. The van der Waals surface area contributed by atoms with Gasteiger partial charge in [0.15, 0.2) is 0 Å². The number of hydrogen-bond donors (Lipinski definition) is 2. The van der Waals surface area contributed by atoms with E-state index in [4.69, 9.17) is 0 Å². The van der Waals surface area contributed by atoms with Crippen LogP contribution in [0.5, 0.6) is 11.5 Å². The van der Waals surface area contributed by atoms with Gasteiger partial charge in [-0.2, -0.15) is 0 Å². The highest BCUT2D eigenvalue weighted by molar-refractivity contribution is 5.48. The van der Waals surface area contributed by atoms with Crippen molar-refractivity contribution in [3.05, 3.63) is 23.3 Å². The lowest BCUT2D eigenvalue weighted by molar-refractivity contribution is 0.417. The Morgan fingerprint density at radius 3 is 1.22 bits per heavy atom. The van der Waals surface area contributed by atoms with Crippen molar-refractivity contribution in [3.8, 4) is 11.5 Å². The van der Waals surface area contributed by atoms with Gasteiger partial charge in [0.05, 0.1) is 0 Å². The van der Waals surface area contributed by atoms with Crippen molar-refractivity contribution in [1.82, 2.24) is 0 Å². The molecule has 1 rings (SSSR count). The van der Waals surface area contributed by atoms with Gasteiger partial charge in [-0.3, -0.25) is 0 Å². The molecule has 0 saturated heterocycles. The molecule has 2 nitrogen and oxygen atoms in total. The third-order valence-corrected chi connectivity index (χ3v) is 7.18. The van der Waals surface area contributed by atoms with Gasteiger partial charge in [0.2, 0.25) is 0 Å². The fraction of sp³-hybridized carbons (Fsp3) is 0.800. The van der Waals surface area contributed by atoms with Crippen LogP contribution in [0.25, 0.3) is 0 Å². The Morgan fingerprint density at radius 2 is 0.781 bits per heavy atom. The number of rotatable bonds is 20. The third kappa shape index (κ3) is 11.1. The van der Waals surface area contributed by atoms with Crippen LogP contribution in [0.1, 0.15) is 166 Å². The summed E-state index contributed by atoms with van der Waals surface area (Å²) in [6.07, 6.45) is 21.9. The van der Waals surface area contributed by atoms with Crippen LogP contribution in [0.4, 0.5) is 0 Å². The summed E-state index contributed by atoms with van der Waals surface area (Å²) in [5.41, 5.74) is 1.96. The molecule has 0 aliphatic carbocycles. The van der Waals surface area contributed by atoms with E-state index in [9.17, 15) is 10.2 Å². The largest absolute Gasteiger partial charge is 0.508 e. The molecule has 0 spiro atoms. The number of benzene rings is 1. The van der Waals surface area contributed by atoms with Gasteiger partial charge in [0.1, 0.15) is 11.5 Å². The van der Waals surface area contributed by atoms with Gasteiger partial charge in [-0.25, -0.2) is 0 Å². The zero-order valence-electron chi connectivity index (χ0n) is 21.9. The minimum Gasteiger partial charge on any atom is -0.508 e. The molecule has 0 saturated carbocycles. The van der Waals surface area contributed by atoms with E-state index < -0.39 is 0 Å². The Bertz CT molecular complexity index is 580. The average Bonchev–Trinajstić information content (AvgIpc) is 2.79. The highest BCUT2D eigenvalue weighted by Crippen LogP contribution is 2.42. The van der Waals surface area contributed by atoms with Crippen molar-refractivity contribution in [2.24, 2.45) is 0 Å². The lowest BCUT2D eigenvalue weighted by Crippen LogP contribution is -2.04. The Kier molecular flexibility index (Phi) is 16.5. The van der Waals surface area contributed by atoms with Gasteiger partial charge >= 0.3 is 0 Å². The molecule has 0 aliphatic heterocycles. The van der Waals surface area contributed by atoms with E-state index in [1.165, 1.54) is 89.9 Å².